The average Bonchev–Trinajstić information content (AvgIpc) is 2.41. The van der Waals surface area contributed by atoms with Crippen LogP contribution < -0.4 is 10.5 Å². The van der Waals surface area contributed by atoms with E-state index in [0.29, 0.717) is 21.4 Å². The largest absolute Gasteiger partial charge is 0.483 e. The van der Waals surface area contributed by atoms with Gasteiger partial charge in [0.2, 0.25) is 0 Å². The van der Waals surface area contributed by atoms with E-state index in [9.17, 15) is 4.39 Å². The van der Waals surface area contributed by atoms with Crippen molar-refractivity contribution < 1.29 is 9.13 Å². The van der Waals surface area contributed by atoms with Crippen molar-refractivity contribution in [3.8, 4) is 5.75 Å². The molecule has 0 amide bonds. The summed E-state index contributed by atoms with van der Waals surface area (Å²) >= 11 is 11.9. The summed E-state index contributed by atoms with van der Waals surface area (Å²) in [5.41, 5.74) is 6.03. The maximum absolute atomic E-state index is 13.7. The van der Waals surface area contributed by atoms with Gasteiger partial charge in [0.15, 0.2) is 0 Å². The molecule has 0 aromatic heterocycles. The van der Waals surface area contributed by atoms with E-state index >= 15 is 0 Å². The maximum Gasteiger partial charge on any atom is 0.140 e. The van der Waals surface area contributed by atoms with E-state index in [-0.39, 0.29) is 12.4 Å². The molecule has 0 spiro atoms. The molecule has 100 valence electrons. The van der Waals surface area contributed by atoms with Gasteiger partial charge in [-0.1, -0.05) is 47.5 Å². The van der Waals surface area contributed by atoms with Gasteiger partial charge in [-0.2, -0.15) is 0 Å². The lowest BCUT2D eigenvalue weighted by atomic mass is 10.1. The molecule has 5 heteroatoms. The number of hydrogen-bond donors (Lipinski definition) is 1. The second-order valence-electron chi connectivity index (χ2n) is 3.92. The van der Waals surface area contributed by atoms with Crippen molar-refractivity contribution in [2.24, 2.45) is 5.73 Å². The Bertz CT molecular complexity index is 577. The van der Waals surface area contributed by atoms with Crippen LogP contribution in [-0.2, 0) is 0 Å². The lowest BCUT2D eigenvalue weighted by Crippen LogP contribution is -2.19. The Labute approximate surface area is 120 Å². The van der Waals surface area contributed by atoms with Gasteiger partial charge in [0, 0.05) is 12.1 Å². The summed E-state index contributed by atoms with van der Waals surface area (Å²) in [6.45, 7) is 0.129. The van der Waals surface area contributed by atoms with Crippen molar-refractivity contribution in [1.82, 2.24) is 0 Å². The van der Waals surface area contributed by atoms with E-state index in [1.54, 1.807) is 36.4 Å². The zero-order valence-electron chi connectivity index (χ0n) is 9.95. The highest BCUT2D eigenvalue weighted by atomic mass is 35.5. The Kier molecular flexibility index (Phi) is 4.64. The molecule has 0 fully saturated rings. The number of benzene rings is 2. The van der Waals surface area contributed by atoms with E-state index in [1.165, 1.54) is 6.07 Å². The molecule has 0 aliphatic rings. The Morgan fingerprint density at radius 1 is 1.11 bits per heavy atom. The number of ether oxygens (including phenoxy) is 1. The molecule has 0 aliphatic carbocycles. The summed E-state index contributed by atoms with van der Waals surface area (Å²) in [6, 6.07) is 11.3. The molecule has 2 aromatic rings. The number of nitrogens with two attached hydrogens (primary N) is 1. The van der Waals surface area contributed by atoms with Crippen molar-refractivity contribution >= 4 is 23.2 Å². The van der Waals surface area contributed by atoms with E-state index < -0.39 is 6.10 Å². The lowest BCUT2D eigenvalue weighted by Gasteiger charge is -2.19. The van der Waals surface area contributed by atoms with Crippen LogP contribution in [0.4, 0.5) is 4.39 Å². The zero-order chi connectivity index (χ0) is 13.8. The molecule has 1 unspecified atom stereocenters. The Balaban J connectivity index is 2.30. The van der Waals surface area contributed by atoms with Crippen LogP contribution in [0.5, 0.6) is 5.75 Å². The fourth-order valence-corrected chi connectivity index (χ4v) is 2.04. The van der Waals surface area contributed by atoms with Crippen molar-refractivity contribution in [1.29, 1.82) is 0 Å². The number of rotatable bonds is 4. The highest BCUT2D eigenvalue weighted by Crippen LogP contribution is 2.34. The van der Waals surface area contributed by atoms with Crippen LogP contribution in [0.15, 0.2) is 42.5 Å². The van der Waals surface area contributed by atoms with Gasteiger partial charge >= 0.3 is 0 Å². The molecule has 0 saturated heterocycles. The van der Waals surface area contributed by atoms with Gasteiger partial charge < -0.3 is 10.5 Å². The molecule has 0 radical (unpaired) electrons. The smallest absolute Gasteiger partial charge is 0.140 e. The summed E-state index contributed by atoms with van der Waals surface area (Å²) in [4.78, 5) is 0. The molecule has 0 saturated carbocycles. The van der Waals surface area contributed by atoms with Crippen molar-refractivity contribution in [2.75, 3.05) is 6.54 Å². The van der Waals surface area contributed by atoms with E-state index in [1.807, 2.05) is 0 Å². The fourth-order valence-electron chi connectivity index (χ4n) is 1.70. The fraction of sp³-hybridized carbons (Fsp3) is 0.143. The van der Waals surface area contributed by atoms with E-state index in [0.717, 1.165) is 0 Å². The maximum atomic E-state index is 13.7. The van der Waals surface area contributed by atoms with Crippen LogP contribution in [0.1, 0.15) is 11.7 Å². The first-order valence-electron chi connectivity index (χ1n) is 5.68. The Hall–Kier alpha value is -1.29. The number of halogens is 3. The minimum absolute atomic E-state index is 0.129. The van der Waals surface area contributed by atoms with Gasteiger partial charge in [0.1, 0.15) is 22.7 Å². The van der Waals surface area contributed by atoms with Crippen LogP contribution in [0.25, 0.3) is 0 Å². The molecule has 1 atom stereocenters. The molecule has 0 heterocycles. The molecule has 0 aliphatic heterocycles. The monoisotopic (exact) mass is 299 g/mol. The van der Waals surface area contributed by atoms with Crippen molar-refractivity contribution in [3.63, 3.8) is 0 Å². The second kappa shape index (κ2) is 6.24. The normalized spacial score (nSPS) is 12.2. The quantitative estimate of drug-likeness (QED) is 0.918. The van der Waals surface area contributed by atoms with E-state index in [4.69, 9.17) is 33.7 Å². The molecular weight excluding hydrogens is 288 g/mol. The Morgan fingerprint density at radius 3 is 2.53 bits per heavy atom. The molecular formula is C14H12Cl2FNO. The van der Waals surface area contributed by atoms with Gasteiger partial charge in [-0.3, -0.25) is 0 Å². The highest BCUT2D eigenvalue weighted by Gasteiger charge is 2.17. The predicted molar refractivity (Wildman–Crippen MR) is 75.3 cm³/mol. The van der Waals surface area contributed by atoms with Gasteiger partial charge in [-0.05, 0) is 18.2 Å². The van der Waals surface area contributed by atoms with Gasteiger partial charge in [0.05, 0.1) is 5.02 Å². The minimum Gasteiger partial charge on any atom is -0.483 e. The summed E-state index contributed by atoms with van der Waals surface area (Å²) in [5, 5.41) is 0.669. The van der Waals surface area contributed by atoms with Gasteiger partial charge in [-0.25, -0.2) is 4.39 Å². The first-order valence-corrected chi connectivity index (χ1v) is 6.44. The van der Waals surface area contributed by atoms with Crippen LogP contribution in [0, 0.1) is 5.82 Å². The van der Waals surface area contributed by atoms with E-state index in [2.05, 4.69) is 0 Å². The van der Waals surface area contributed by atoms with Crippen LogP contribution in [0.2, 0.25) is 10.0 Å². The third-order valence-corrected chi connectivity index (χ3v) is 3.45. The molecule has 19 heavy (non-hydrogen) atoms. The molecule has 2 rings (SSSR count). The lowest BCUT2D eigenvalue weighted by molar-refractivity contribution is 0.209. The van der Waals surface area contributed by atoms with Crippen LogP contribution >= 0.6 is 23.2 Å². The minimum atomic E-state index is -0.614. The van der Waals surface area contributed by atoms with Crippen LogP contribution in [0.3, 0.4) is 0 Å². The first kappa shape index (κ1) is 14.1. The highest BCUT2D eigenvalue weighted by molar-refractivity contribution is 6.42. The number of hydrogen-bond acceptors (Lipinski definition) is 2. The van der Waals surface area contributed by atoms with Gasteiger partial charge in [-0.15, -0.1) is 0 Å². The third-order valence-electron chi connectivity index (χ3n) is 2.65. The second-order valence-corrected chi connectivity index (χ2v) is 4.70. The molecule has 2 aromatic carbocycles. The summed E-state index contributed by atoms with van der Waals surface area (Å²) < 4.78 is 19.4. The summed E-state index contributed by atoms with van der Waals surface area (Å²) in [5.74, 6) is 0.0176. The Morgan fingerprint density at radius 2 is 1.84 bits per heavy atom. The summed E-state index contributed by atoms with van der Waals surface area (Å²) in [7, 11) is 0. The molecule has 2 N–H and O–H groups in total. The van der Waals surface area contributed by atoms with Crippen molar-refractivity contribution in [2.45, 2.75) is 6.10 Å². The average molecular weight is 300 g/mol. The predicted octanol–water partition coefficient (Wildman–Crippen LogP) is 4.21. The first-order chi connectivity index (χ1) is 9.13. The van der Waals surface area contributed by atoms with Crippen molar-refractivity contribution in [3.05, 3.63) is 63.9 Å². The molecule has 2 nitrogen and oxygen atoms in total. The van der Waals surface area contributed by atoms with Gasteiger partial charge in [0.25, 0.3) is 0 Å². The topological polar surface area (TPSA) is 35.2 Å². The zero-order valence-corrected chi connectivity index (χ0v) is 11.5. The summed E-state index contributed by atoms with van der Waals surface area (Å²) in [6.07, 6.45) is -0.614. The van der Waals surface area contributed by atoms with Crippen LogP contribution in [-0.4, -0.2) is 6.54 Å². The SMILES string of the molecule is NCC(Oc1cccc(Cl)c1Cl)c1ccccc1F. The molecule has 0 bridgehead atoms. The standard InChI is InChI=1S/C14H12Cl2FNO/c15-10-5-3-7-12(14(10)16)19-13(8-18)9-4-1-2-6-11(9)17/h1-7,13H,8,18H2. The third kappa shape index (κ3) is 3.18.